The smallest absolute Gasteiger partial charge is 0.246 e. The average molecular weight is 290 g/mol. The number of benzene rings is 1. The summed E-state index contributed by atoms with van der Waals surface area (Å²) in [7, 11) is 1.84. The molecule has 1 amide bonds. The van der Waals surface area contributed by atoms with E-state index in [-0.39, 0.29) is 11.7 Å². The molecule has 2 N–H and O–H groups in total. The summed E-state index contributed by atoms with van der Waals surface area (Å²) in [5, 5.41) is 10.1. The second-order valence-electron chi connectivity index (χ2n) is 4.88. The average Bonchev–Trinajstić information content (AvgIpc) is 2.78. The molecule has 1 atom stereocenters. The van der Waals surface area contributed by atoms with Crippen molar-refractivity contribution in [3.63, 3.8) is 0 Å². The number of carbonyl (C=O) groups excluding carboxylic acids is 1. The molecule has 0 aliphatic heterocycles. The van der Waals surface area contributed by atoms with E-state index >= 15 is 0 Å². The second kappa shape index (κ2) is 6.39. The molecule has 1 aromatic heterocycles. The SMILES string of the molecule is CCc1nn(C)cc1N[C@H](C)C(=O)Nc1cccc(F)c1. The standard InChI is InChI=1S/C15H19FN4O/c1-4-13-14(9-20(3)19-13)17-10(2)15(21)18-12-7-5-6-11(16)8-12/h5-10,17H,4H2,1-3H3,(H,18,21)/t10-/m1/s1. The summed E-state index contributed by atoms with van der Waals surface area (Å²) in [6.07, 6.45) is 2.62. The highest BCUT2D eigenvalue weighted by molar-refractivity contribution is 5.96. The van der Waals surface area contributed by atoms with Crippen molar-refractivity contribution < 1.29 is 9.18 Å². The van der Waals surface area contributed by atoms with E-state index in [1.54, 1.807) is 23.7 Å². The van der Waals surface area contributed by atoms with Gasteiger partial charge < -0.3 is 10.6 Å². The summed E-state index contributed by atoms with van der Waals surface area (Å²) in [5.74, 6) is -0.611. The van der Waals surface area contributed by atoms with Gasteiger partial charge in [0.15, 0.2) is 0 Å². The Morgan fingerprint density at radius 2 is 2.24 bits per heavy atom. The monoisotopic (exact) mass is 290 g/mol. The number of rotatable bonds is 5. The lowest BCUT2D eigenvalue weighted by Crippen LogP contribution is -2.32. The van der Waals surface area contributed by atoms with Crippen LogP contribution in [0.2, 0.25) is 0 Å². The molecule has 0 saturated heterocycles. The predicted molar refractivity (Wildman–Crippen MR) is 80.7 cm³/mol. The van der Waals surface area contributed by atoms with Gasteiger partial charge in [-0.05, 0) is 31.5 Å². The fraction of sp³-hybridized carbons (Fsp3) is 0.333. The number of carbonyl (C=O) groups is 1. The van der Waals surface area contributed by atoms with Crippen molar-refractivity contribution in [1.82, 2.24) is 9.78 Å². The van der Waals surface area contributed by atoms with Crippen molar-refractivity contribution in [3.8, 4) is 0 Å². The molecule has 5 nitrogen and oxygen atoms in total. The van der Waals surface area contributed by atoms with Crippen LogP contribution in [0, 0.1) is 5.82 Å². The van der Waals surface area contributed by atoms with E-state index in [1.807, 2.05) is 20.2 Å². The van der Waals surface area contributed by atoms with E-state index in [2.05, 4.69) is 15.7 Å². The molecule has 6 heteroatoms. The van der Waals surface area contributed by atoms with Crippen LogP contribution in [-0.4, -0.2) is 21.7 Å². The number of nitrogens with zero attached hydrogens (tertiary/aromatic N) is 2. The summed E-state index contributed by atoms with van der Waals surface area (Å²) in [4.78, 5) is 12.1. The summed E-state index contributed by atoms with van der Waals surface area (Å²) < 4.78 is 14.8. The number of hydrogen-bond donors (Lipinski definition) is 2. The van der Waals surface area contributed by atoms with Gasteiger partial charge in [0.05, 0.1) is 11.4 Å². The molecule has 0 bridgehead atoms. The number of aryl methyl sites for hydroxylation is 2. The molecule has 0 spiro atoms. The number of aromatic nitrogens is 2. The highest BCUT2D eigenvalue weighted by atomic mass is 19.1. The number of amides is 1. The Balaban J connectivity index is 2.02. The van der Waals surface area contributed by atoms with Gasteiger partial charge in [0, 0.05) is 18.9 Å². The van der Waals surface area contributed by atoms with E-state index in [0.717, 1.165) is 17.8 Å². The van der Waals surface area contributed by atoms with Crippen LogP contribution in [0.25, 0.3) is 0 Å². The first-order valence-electron chi connectivity index (χ1n) is 6.85. The van der Waals surface area contributed by atoms with Gasteiger partial charge in [-0.25, -0.2) is 4.39 Å². The Bertz CT molecular complexity index is 638. The third-order valence-electron chi connectivity index (χ3n) is 3.10. The fourth-order valence-corrected chi connectivity index (χ4v) is 2.03. The Hall–Kier alpha value is -2.37. The van der Waals surface area contributed by atoms with Crippen molar-refractivity contribution in [2.24, 2.45) is 7.05 Å². The molecule has 0 fully saturated rings. The molecule has 0 unspecified atom stereocenters. The Kier molecular flexibility index (Phi) is 4.57. The maximum atomic E-state index is 13.1. The summed E-state index contributed by atoms with van der Waals surface area (Å²) in [5.41, 5.74) is 2.18. The van der Waals surface area contributed by atoms with Crippen molar-refractivity contribution >= 4 is 17.3 Å². The van der Waals surface area contributed by atoms with Crippen LogP contribution >= 0.6 is 0 Å². The third kappa shape index (κ3) is 3.81. The number of anilines is 2. The number of hydrogen-bond acceptors (Lipinski definition) is 3. The lowest BCUT2D eigenvalue weighted by Gasteiger charge is -2.15. The Labute approximate surface area is 123 Å². The zero-order valence-corrected chi connectivity index (χ0v) is 12.4. The van der Waals surface area contributed by atoms with Gasteiger partial charge in [-0.15, -0.1) is 0 Å². The summed E-state index contributed by atoms with van der Waals surface area (Å²) >= 11 is 0. The van der Waals surface area contributed by atoms with Crippen LogP contribution in [0.4, 0.5) is 15.8 Å². The van der Waals surface area contributed by atoms with E-state index in [9.17, 15) is 9.18 Å². The largest absolute Gasteiger partial charge is 0.371 e. The first kappa shape index (κ1) is 15.0. The maximum absolute atomic E-state index is 13.1. The first-order chi connectivity index (χ1) is 9.99. The van der Waals surface area contributed by atoms with Gasteiger partial charge in [-0.2, -0.15) is 5.10 Å². The molecular weight excluding hydrogens is 271 g/mol. The van der Waals surface area contributed by atoms with Gasteiger partial charge in [0.25, 0.3) is 0 Å². The minimum atomic E-state index is -0.456. The second-order valence-corrected chi connectivity index (χ2v) is 4.88. The molecule has 1 heterocycles. The van der Waals surface area contributed by atoms with Gasteiger partial charge >= 0.3 is 0 Å². The summed E-state index contributed by atoms with van der Waals surface area (Å²) in [6, 6.07) is 5.36. The van der Waals surface area contributed by atoms with Gasteiger partial charge in [0.2, 0.25) is 5.91 Å². The lowest BCUT2D eigenvalue weighted by molar-refractivity contribution is -0.116. The van der Waals surface area contributed by atoms with Crippen LogP contribution < -0.4 is 10.6 Å². The minimum Gasteiger partial charge on any atom is -0.371 e. The normalized spacial score (nSPS) is 12.0. The van der Waals surface area contributed by atoms with E-state index in [1.165, 1.54) is 12.1 Å². The molecule has 2 rings (SSSR count). The summed E-state index contributed by atoms with van der Waals surface area (Å²) in [6.45, 7) is 3.76. The van der Waals surface area contributed by atoms with Crippen LogP contribution in [0.1, 0.15) is 19.5 Å². The molecule has 112 valence electrons. The Morgan fingerprint density at radius 1 is 1.48 bits per heavy atom. The molecule has 0 aliphatic rings. The van der Waals surface area contributed by atoms with Gasteiger partial charge in [0.1, 0.15) is 11.9 Å². The van der Waals surface area contributed by atoms with Gasteiger partial charge in [-0.1, -0.05) is 13.0 Å². The molecule has 2 aromatic rings. The van der Waals surface area contributed by atoms with Crippen LogP contribution in [-0.2, 0) is 18.3 Å². The predicted octanol–water partition coefficient (Wildman–Crippen LogP) is 2.56. The zero-order chi connectivity index (χ0) is 15.4. The van der Waals surface area contributed by atoms with Crippen molar-refractivity contribution in [2.45, 2.75) is 26.3 Å². The molecule has 21 heavy (non-hydrogen) atoms. The highest BCUT2D eigenvalue weighted by Gasteiger charge is 2.16. The third-order valence-corrected chi connectivity index (χ3v) is 3.10. The topological polar surface area (TPSA) is 59.0 Å². The van der Waals surface area contributed by atoms with Crippen molar-refractivity contribution in [3.05, 3.63) is 42.0 Å². The van der Waals surface area contributed by atoms with Crippen molar-refractivity contribution in [1.29, 1.82) is 0 Å². The Morgan fingerprint density at radius 3 is 2.90 bits per heavy atom. The number of nitrogens with one attached hydrogen (secondary N) is 2. The van der Waals surface area contributed by atoms with E-state index < -0.39 is 6.04 Å². The molecule has 0 aliphatic carbocycles. The molecule has 0 saturated carbocycles. The maximum Gasteiger partial charge on any atom is 0.246 e. The van der Waals surface area contributed by atoms with Crippen LogP contribution in [0.3, 0.4) is 0 Å². The minimum absolute atomic E-state index is 0.230. The lowest BCUT2D eigenvalue weighted by atomic mass is 10.2. The van der Waals surface area contributed by atoms with Crippen LogP contribution in [0.15, 0.2) is 30.5 Å². The quantitative estimate of drug-likeness (QED) is 0.889. The van der Waals surface area contributed by atoms with Gasteiger partial charge in [-0.3, -0.25) is 9.48 Å². The first-order valence-corrected chi connectivity index (χ1v) is 6.85. The van der Waals surface area contributed by atoms with Crippen molar-refractivity contribution in [2.75, 3.05) is 10.6 Å². The number of halogens is 1. The highest BCUT2D eigenvalue weighted by Crippen LogP contribution is 2.16. The fourth-order valence-electron chi connectivity index (χ4n) is 2.03. The van der Waals surface area contributed by atoms with E-state index in [4.69, 9.17) is 0 Å². The zero-order valence-electron chi connectivity index (χ0n) is 12.4. The van der Waals surface area contributed by atoms with Crippen LogP contribution in [0.5, 0.6) is 0 Å². The molecule has 0 radical (unpaired) electrons. The molecule has 1 aromatic carbocycles. The van der Waals surface area contributed by atoms with E-state index in [0.29, 0.717) is 5.69 Å². The molecular formula is C15H19FN4O.